The standard InChI is InChI=1S/C22H25N3O3/c1-27-19-13-12-17-16-10-6-7-11-18(16)25(28-2)21(17)20(19)22(26)24(23)14-15-8-4-3-5-9-15/h3-13,17,19-21H,14,23H2,1-2H3. The van der Waals surface area contributed by atoms with E-state index in [-0.39, 0.29) is 24.0 Å². The number of hydroxylamine groups is 1. The van der Waals surface area contributed by atoms with Gasteiger partial charge in [-0.3, -0.25) is 14.6 Å². The number of ether oxygens (including phenoxy) is 1. The fraction of sp³-hybridized carbons (Fsp3) is 0.318. The van der Waals surface area contributed by atoms with E-state index in [2.05, 4.69) is 12.1 Å². The van der Waals surface area contributed by atoms with E-state index >= 15 is 0 Å². The van der Waals surface area contributed by atoms with Crippen molar-refractivity contribution in [1.82, 2.24) is 5.01 Å². The summed E-state index contributed by atoms with van der Waals surface area (Å²) in [6, 6.07) is 17.6. The first kappa shape index (κ1) is 18.7. The van der Waals surface area contributed by atoms with Gasteiger partial charge in [0.2, 0.25) is 5.91 Å². The summed E-state index contributed by atoms with van der Waals surface area (Å²) in [4.78, 5) is 19.1. The molecule has 0 bridgehead atoms. The quantitative estimate of drug-likeness (QED) is 0.374. The van der Waals surface area contributed by atoms with Gasteiger partial charge in [-0.25, -0.2) is 10.9 Å². The normalized spacial score (nSPS) is 25.3. The molecule has 146 valence electrons. The number of hydrogen-bond acceptors (Lipinski definition) is 5. The highest BCUT2D eigenvalue weighted by atomic mass is 16.7. The Bertz CT molecular complexity index is 870. The zero-order chi connectivity index (χ0) is 19.7. The summed E-state index contributed by atoms with van der Waals surface area (Å²) in [6.45, 7) is 0.341. The number of nitrogens with zero attached hydrogens (tertiary/aromatic N) is 2. The van der Waals surface area contributed by atoms with Crippen LogP contribution in [-0.2, 0) is 20.9 Å². The van der Waals surface area contributed by atoms with Crippen LogP contribution in [0.1, 0.15) is 17.0 Å². The highest BCUT2D eigenvalue weighted by molar-refractivity contribution is 5.82. The molecule has 1 aliphatic heterocycles. The number of hydrogen-bond donors (Lipinski definition) is 1. The first-order valence-electron chi connectivity index (χ1n) is 9.39. The SMILES string of the molecule is COC1C=CC2c3ccccc3N(OC)C2C1C(=O)N(N)Cc1ccccc1. The van der Waals surface area contributed by atoms with Crippen molar-refractivity contribution in [3.8, 4) is 0 Å². The molecule has 1 heterocycles. The number of carbonyl (C=O) groups is 1. The molecule has 6 nitrogen and oxygen atoms in total. The molecule has 6 heteroatoms. The van der Waals surface area contributed by atoms with E-state index in [1.165, 1.54) is 5.01 Å². The Labute approximate surface area is 165 Å². The van der Waals surface area contributed by atoms with Crippen LogP contribution in [0.5, 0.6) is 0 Å². The van der Waals surface area contributed by atoms with Crippen molar-refractivity contribution in [2.45, 2.75) is 24.6 Å². The van der Waals surface area contributed by atoms with Crippen LogP contribution in [0.4, 0.5) is 5.69 Å². The minimum Gasteiger partial charge on any atom is -0.376 e. The second-order valence-corrected chi connectivity index (χ2v) is 7.15. The third-order valence-corrected chi connectivity index (χ3v) is 5.63. The van der Waals surface area contributed by atoms with Gasteiger partial charge in [0.1, 0.15) is 0 Å². The number of methoxy groups -OCH3 is 1. The summed E-state index contributed by atoms with van der Waals surface area (Å²) in [5.74, 6) is 5.61. The lowest BCUT2D eigenvalue weighted by molar-refractivity contribution is -0.142. The molecule has 2 aromatic rings. The van der Waals surface area contributed by atoms with Gasteiger partial charge in [0.25, 0.3) is 0 Å². The van der Waals surface area contributed by atoms with E-state index in [0.29, 0.717) is 6.54 Å². The van der Waals surface area contributed by atoms with Crippen molar-refractivity contribution in [2.24, 2.45) is 11.8 Å². The molecule has 28 heavy (non-hydrogen) atoms. The fourth-order valence-electron chi connectivity index (χ4n) is 4.37. The maximum Gasteiger partial charge on any atom is 0.245 e. The smallest absolute Gasteiger partial charge is 0.245 e. The number of amides is 1. The van der Waals surface area contributed by atoms with Crippen LogP contribution in [0.2, 0.25) is 0 Å². The number of anilines is 1. The molecule has 2 N–H and O–H groups in total. The molecule has 4 unspecified atom stereocenters. The number of benzene rings is 2. The zero-order valence-electron chi connectivity index (χ0n) is 16.1. The molecule has 2 aliphatic rings. The maximum atomic E-state index is 13.4. The predicted molar refractivity (Wildman–Crippen MR) is 107 cm³/mol. The number of hydrazine groups is 1. The molecular weight excluding hydrogens is 354 g/mol. The Morgan fingerprint density at radius 1 is 1.07 bits per heavy atom. The molecule has 0 saturated carbocycles. The van der Waals surface area contributed by atoms with E-state index < -0.39 is 5.92 Å². The number of para-hydroxylation sites is 1. The van der Waals surface area contributed by atoms with Crippen molar-refractivity contribution in [3.63, 3.8) is 0 Å². The average Bonchev–Trinajstić information content (AvgIpc) is 3.06. The average molecular weight is 379 g/mol. The molecule has 0 fully saturated rings. The van der Waals surface area contributed by atoms with Crippen molar-refractivity contribution in [1.29, 1.82) is 0 Å². The van der Waals surface area contributed by atoms with Gasteiger partial charge in [0.05, 0.1) is 37.4 Å². The predicted octanol–water partition coefficient (Wildman–Crippen LogP) is 2.62. The van der Waals surface area contributed by atoms with Crippen LogP contribution >= 0.6 is 0 Å². The molecule has 0 spiro atoms. The Morgan fingerprint density at radius 2 is 1.79 bits per heavy atom. The van der Waals surface area contributed by atoms with Crippen LogP contribution in [0.3, 0.4) is 0 Å². The van der Waals surface area contributed by atoms with Gasteiger partial charge in [-0.1, -0.05) is 60.7 Å². The lowest BCUT2D eigenvalue weighted by atomic mass is 9.78. The summed E-state index contributed by atoms with van der Waals surface area (Å²) >= 11 is 0. The van der Waals surface area contributed by atoms with Gasteiger partial charge < -0.3 is 4.74 Å². The minimum atomic E-state index is -0.485. The molecule has 0 aromatic heterocycles. The van der Waals surface area contributed by atoms with Crippen LogP contribution in [0, 0.1) is 5.92 Å². The summed E-state index contributed by atoms with van der Waals surface area (Å²) < 4.78 is 5.65. The van der Waals surface area contributed by atoms with Crippen LogP contribution in [-0.4, -0.2) is 37.3 Å². The van der Waals surface area contributed by atoms with E-state index in [4.69, 9.17) is 15.4 Å². The molecule has 0 radical (unpaired) electrons. The lowest BCUT2D eigenvalue weighted by Gasteiger charge is -2.39. The zero-order valence-corrected chi connectivity index (χ0v) is 16.1. The number of nitrogens with two attached hydrogens (primary N) is 1. The molecule has 4 atom stereocenters. The van der Waals surface area contributed by atoms with Crippen LogP contribution in [0.25, 0.3) is 0 Å². The number of carbonyl (C=O) groups excluding carboxylic acids is 1. The third-order valence-electron chi connectivity index (χ3n) is 5.63. The van der Waals surface area contributed by atoms with Crippen molar-refractivity contribution in [3.05, 3.63) is 77.9 Å². The van der Waals surface area contributed by atoms with Gasteiger partial charge in [-0.05, 0) is 17.2 Å². The summed E-state index contributed by atoms with van der Waals surface area (Å²) in [5, 5.41) is 3.12. The second kappa shape index (κ2) is 7.75. The molecule has 2 aromatic carbocycles. The molecule has 0 saturated heterocycles. The number of fused-ring (bicyclic) bond motifs is 3. The van der Waals surface area contributed by atoms with Gasteiger partial charge >= 0.3 is 0 Å². The maximum absolute atomic E-state index is 13.4. The monoisotopic (exact) mass is 379 g/mol. The fourth-order valence-corrected chi connectivity index (χ4v) is 4.37. The molecular formula is C22H25N3O3. The van der Waals surface area contributed by atoms with Crippen molar-refractivity contribution in [2.75, 3.05) is 19.3 Å². The molecule has 4 rings (SSSR count). The largest absolute Gasteiger partial charge is 0.376 e. The van der Waals surface area contributed by atoms with E-state index in [9.17, 15) is 4.79 Å². The molecule has 1 amide bonds. The Kier molecular flexibility index (Phi) is 5.17. The highest BCUT2D eigenvalue weighted by Gasteiger charge is 2.51. The topological polar surface area (TPSA) is 68.0 Å². The third kappa shape index (κ3) is 3.09. The van der Waals surface area contributed by atoms with Gasteiger partial charge in [0, 0.05) is 13.0 Å². The van der Waals surface area contributed by atoms with Crippen molar-refractivity contribution >= 4 is 11.6 Å². The Balaban J connectivity index is 1.66. The van der Waals surface area contributed by atoms with E-state index in [1.54, 1.807) is 14.2 Å². The molecule has 1 aliphatic carbocycles. The Morgan fingerprint density at radius 3 is 2.50 bits per heavy atom. The van der Waals surface area contributed by atoms with Gasteiger partial charge in [-0.15, -0.1) is 0 Å². The minimum absolute atomic E-state index is 0.0432. The Hall–Kier alpha value is -2.67. The van der Waals surface area contributed by atoms with E-state index in [0.717, 1.165) is 16.8 Å². The summed E-state index contributed by atoms with van der Waals surface area (Å²) in [7, 11) is 3.25. The summed E-state index contributed by atoms with van der Waals surface area (Å²) in [6.07, 6.45) is 3.71. The van der Waals surface area contributed by atoms with Crippen LogP contribution in [0.15, 0.2) is 66.7 Å². The second-order valence-electron chi connectivity index (χ2n) is 7.15. The highest BCUT2D eigenvalue weighted by Crippen LogP contribution is 2.48. The number of rotatable bonds is 5. The summed E-state index contributed by atoms with van der Waals surface area (Å²) in [5.41, 5.74) is 3.10. The van der Waals surface area contributed by atoms with Crippen molar-refractivity contribution < 1.29 is 14.4 Å². The van der Waals surface area contributed by atoms with Gasteiger partial charge in [0.15, 0.2) is 0 Å². The first-order valence-corrected chi connectivity index (χ1v) is 9.39. The first-order chi connectivity index (χ1) is 13.7. The van der Waals surface area contributed by atoms with Gasteiger partial charge in [-0.2, -0.15) is 0 Å². The lowest BCUT2D eigenvalue weighted by Crippen LogP contribution is -2.55. The van der Waals surface area contributed by atoms with E-state index in [1.807, 2.05) is 59.7 Å². The van der Waals surface area contributed by atoms with Crippen LogP contribution < -0.4 is 10.9 Å².